The maximum atomic E-state index is 12.9. The first kappa shape index (κ1) is 23.3. The van der Waals surface area contributed by atoms with Crippen molar-refractivity contribution in [2.75, 3.05) is 11.2 Å². The van der Waals surface area contributed by atoms with E-state index < -0.39 is 34.6 Å². The molecule has 0 bridgehead atoms. The molecule has 0 fully saturated rings. The standard InChI is InChI=1S/C21H18F4N2O4S/c1-32(28,29)17-7-4-15(5-8-17)27(13-14-3-2-10-26-12-14)16-6-9-18(30-20(22)23)19(11-16)31-21(24)25/h2-12,20-21H,13H2,1H3. The molecule has 3 rings (SSSR count). The molecule has 1 aromatic heterocycles. The second-order valence-corrected chi connectivity index (χ2v) is 8.62. The number of sulfone groups is 1. The van der Waals surface area contributed by atoms with Crippen LogP contribution in [0.3, 0.4) is 0 Å². The Morgan fingerprint density at radius 2 is 1.53 bits per heavy atom. The van der Waals surface area contributed by atoms with Gasteiger partial charge in [0.2, 0.25) is 0 Å². The molecule has 11 heteroatoms. The number of nitrogens with zero attached hydrogens (tertiary/aromatic N) is 2. The fraction of sp³-hybridized carbons (Fsp3) is 0.190. The molecule has 32 heavy (non-hydrogen) atoms. The molecule has 0 aliphatic heterocycles. The zero-order valence-corrected chi connectivity index (χ0v) is 17.5. The van der Waals surface area contributed by atoms with Crippen LogP contribution in [-0.4, -0.2) is 32.9 Å². The van der Waals surface area contributed by atoms with Crippen molar-refractivity contribution in [3.63, 3.8) is 0 Å². The number of hydrogen-bond donors (Lipinski definition) is 0. The number of pyridine rings is 1. The Morgan fingerprint density at radius 3 is 2.09 bits per heavy atom. The van der Waals surface area contributed by atoms with Crippen molar-refractivity contribution in [3.05, 3.63) is 72.6 Å². The molecule has 0 unspecified atom stereocenters. The number of benzene rings is 2. The van der Waals surface area contributed by atoms with Gasteiger partial charge in [-0.2, -0.15) is 17.6 Å². The third-order valence-corrected chi connectivity index (χ3v) is 5.44. The van der Waals surface area contributed by atoms with Gasteiger partial charge in [0.1, 0.15) is 0 Å². The minimum Gasteiger partial charge on any atom is -0.431 e. The van der Waals surface area contributed by atoms with E-state index in [1.165, 1.54) is 18.2 Å². The van der Waals surface area contributed by atoms with Gasteiger partial charge in [0, 0.05) is 42.6 Å². The van der Waals surface area contributed by atoms with E-state index in [1.807, 2.05) is 0 Å². The first-order valence-electron chi connectivity index (χ1n) is 9.14. The summed E-state index contributed by atoms with van der Waals surface area (Å²) >= 11 is 0. The van der Waals surface area contributed by atoms with Gasteiger partial charge in [0.05, 0.1) is 4.90 Å². The molecule has 0 spiro atoms. The van der Waals surface area contributed by atoms with Crippen LogP contribution in [0.2, 0.25) is 0 Å². The van der Waals surface area contributed by atoms with Crippen molar-refractivity contribution in [3.8, 4) is 11.5 Å². The van der Waals surface area contributed by atoms with Gasteiger partial charge in [-0.25, -0.2) is 8.42 Å². The van der Waals surface area contributed by atoms with Gasteiger partial charge >= 0.3 is 13.2 Å². The highest BCUT2D eigenvalue weighted by molar-refractivity contribution is 7.90. The summed E-state index contributed by atoms with van der Waals surface area (Å²) in [5.41, 5.74) is 1.59. The zero-order valence-electron chi connectivity index (χ0n) is 16.7. The Labute approximate surface area is 181 Å². The lowest BCUT2D eigenvalue weighted by Crippen LogP contribution is -2.17. The van der Waals surface area contributed by atoms with Gasteiger partial charge < -0.3 is 14.4 Å². The highest BCUT2D eigenvalue weighted by Crippen LogP contribution is 2.37. The predicted molar refractivity (Wildman–Crippen MR) is 109 cm³/mol. The summed E-state index contributed by atoms with van der Waals surface area (Å²) < 4.78 is 83.2. The van der Waals surface area contributed by atoms with E-state index in [2.05, 4.69) is 14.5 Å². The molecule has 0 amide bonds. The number of rotatable bonds is 9. The van der Waals surface area contributed by atoms with E-state index in [0.717, 1.165) is 24.0 Å². The van der Waals surface area contributed by atoms with E-state index in [4.69, 9.17) is 0 Å². The van der Waals surface area contributed by atoms with E-state index in [-0.39, 0.29) is 11.4 Å². The van der Waals surface area contributed by atoms with Crippen LogP contribution < -0.4 is 14.4 Å². The average molecular weight is 470 g/mol. The fourth-order valence-corrected chi connectivity index (χ4v) is 3.56. The van der Waals surface area contributed by atoms with Crippen molar-refractivity contribution < 1.29 is 35.5 Å². The molecule has 0 aliphatic carbocycles. The lowest BCUT2D eigenvalue weighted by atomic mass is 10.2. The SMILES string of the molecule is CS(=O)(=O)c1ccc(N(Cc2cccnc2)c2ccc(OC(F)F)c(OC(F)F)c2)cc1. The minimum absolute atomic E-state index is 0.102. The van der Waals surface area contributed by atoms with Crippen LogP contribution in [0.4, 0.5) is 28.9 Å². The maximum absolute atomic E-state index is 12.9. The Hall–Kier alpha value is -3.34. The summed E-state index contributed by atoms with van der Waals surface area (Å²) in [6.45, 7) is -6.27. The fourth-order valence-electron chi connectivity index (χ4n) is 2.93. The van der Waals surface area contributed by atoms with Gasteiger partial charge in [-0.3, -0.25) is 4.98 Å². The van der Waals surface area contributed by atoms with Crippen LogP contribution in [0.5, 0.6) is 11.5 Å². The minimum atomic E-state index is -3.43. The number of anilines is 2. The van der Waals surface area contributed by atoms with Gasteiger partial charge in [0.15, 0.2) is 21.3 Å². The summed E-state index contributed by atoms with van der Waals surface area (Å²) in [7, 11) is -3.43. The predicted octanol–water partition coefficient (Wildman–Crippen LogP) is 5.03. The average Bonchev–Trinajstić information content (AvgIpc) is 2.73. The zero-order chi connectivity index (χ0) is 23.3. The van der Waals surface area contributed by atoms with Gasteiger partial charge in [-0.05, 0) is 48.0 Å². The Balaban J connectivity index is 2.06. The van der Waals surface area contributed by atoms with Crippen molar-refractivity contribution in [1.82, 2.24) is 4.98 Å². The Bertz CT molecular complexity index is 1140. The molecule has 2 aromatic carbocycles. The van der Waals surface area contributed by atoms with Crippen molar-refractivity contribution >= 4 is 21.2 Å². The molecule has 6 nitrogen and oxygen atoms in total. The van der Waals surface area contributed by atoms with Crippen LogP contribution in [0.25, 0.3) is 0 Å². The van der Waals surface area contributed by atoms with Crippen LogP contribution in [0.1, 0.15) is 5.56 Å². The summed E-state index contributed by atoms with van der Waals surface area (Å²) in [4.78, 5) is 5.80. The van der Waals surface area contributed by atoms with E-state index in [1.54, 1.807) is 41.6 Å². The third kappa shape index (κ3) is 6.10. The van der Waals surface area contributed by atoms with Crippen LogP contribution in [-0.2, 0) is 16.4 Å². The van der Waals surface area contributed by atoms with Crippen molar-refractivity contribution in [1.29, 1.82) is 0 Å². The highest BCUT2D eigenvalue weighted by Gasteiger charge is 2.19. The van der Waals surface area contributed by atoms with Gasteiger partial charge in [0.25, 0.3) is 0 Å². The number of alkyl halides is 4. The first-order chi connectivity index (χ1) is 15.1. The second-order valence-electron chi connectivity index (χ2n) is 6.60. The molecular weight excluding hydrogens is 452 g/mol. The van der Waals surface area contributed by atoms with E-state index in [9.17, 15) is 26.0 Å². The smallest absolute Gasteiger partial charge is 0.387 e. The molecule has 0 saturated heterocycles. The topological polar surface area (TPSA) is 68.7 Å². The molecule has 0 N–H and O–H groups in total. The van der Waals surface area contributed by atoms with Crippen molar-refractivity contribution in [2.24, 2.45) is 0 Å². The monoisotopic (exact) mass is 470 g/mol. The number of hydrogen-bond acceptors (Lipinski definition) is 6. The number of halogens is 4. The quantitative estimate of drug-likeness (QED) is 0.409. The van der Waals surface area contributed by atoms with Gasteiger partial charge in [-0.15, -0.1) is 0 Å². The first-order valence-corrected chi connectivity index (χ1v) is 11.0. The Kier molecular flexibility index (Phi) is 7.18. The molecule has 0 aliphatic rings. The number of ether oxygens (including phenoxy) is 2. The van der Waals surface area contributed by atoms with E-state index >= 15 is 0 Å². The summed E-state index contributed by atoms with van der Waals surface area (Å²) in [5, 5.41) is 0. The normalized spacial score (nSPS) is 11.6. The van der Waals surface area contributed by atoms with Crippen LogP contribution in [0.15, 0.2) is 71.9 Å². The third-order valence-electron chi connectivity index (χ3n) is 4.31. The maximum Gasteiger partial charge on any atom is 0.387 e. The molecule has 170 valence electrons. The van der Waals surface area contributed by atoms with Crippen molar-refractivity contribution in [2.45, 2.75) is 24.7 Å². The molecule has 0 saturated carbocycles. The van der Waals surface area contributed by atoms with E-state index in [0.29, 0.717) is 11.4 Å². The number of aromatic nitrogens is 1. The lowest BCUT2D eigenvalue weighted by molar-refractivity contribution is -0.0692. The Morgan fingerprint density at radius 1 is 0.906 bits per heavy atom. The highest BCUT2D eigenvalue weighted by atomic mass is 32.2. The molecular formula is C21H18F4N2O4S. The molecule has 0 radical (unpaired) electrons. The van der Waals surface area contributed by atoms with Crippen LogP contribution in [0, 0.1) is 0 Å². The summed E-state index contributed by atoms with van der Waals surface area (Å²) in [5.74, 6) is -1.11. The summed E-state index contributed by atoms with van der Waals surface area (Å²) in [6, 6.07) is 13.0. The largest absolute Gasteiger partial charge is 0.431 e. The molecule has 0 atom stereocenters. The van der Waals surface area contributed by atoms with Crippen LogP contribution >= 0.6 is 0 Å². The lowest BCUT2D eigenvalue weighted by Gasteiger charge is -2.26. The molecule has 3 aromatic rings. The second kappa shape index (κ2) is 9.86. The molecule has 1 heterocycles. The summed E-state index contributed by atoms with van der Waals surface area (Å²) in [6.07, 6.45) is 4.26. The van der Waals surface area contributed by atoms with Gasteiger partial charge in [-0.1, -0.05) is 6.07 Å².